The number of benzene rings is 1. The third kappa shape index (κ3) is 4.23. The van der Waals surface area contributed by atoms with E-state index in [9.17, 15) is 19.7 Å². The first-order chi connectivity index (χ1) is 9.45. The molecule has 0 fully saturated rings. The maximum atomic E-state index is 11.6. The Kier molecular flexibility index (Phi) is 5.45. The third-order valence-electron chi connectivity index (χ3n) is 2.58. The maximum Gasteiger partial charge on any atom is 0.326 e. The number of hydrogen-bond acceptors (Lipinski definition) is 5. The van der Waals surface area contributed by atoms with E-state index < -0.39 is 22.8 Å². The first kappa shape index (κ1) is 15.4. The molecule has 0 radical (unpaired) electrons. The van der Waals surface area contributed by atoms with Crippen molar-refractivity contribution in [2.45, 2.75) is 19.4 Å². The molecule has 0 spiro atoms. The van der Waals surface area contributed by atoms with Crippen LogP contribution in [0.25, 0.3) is 0 Å². The predicted octanol–water partition coefficient (Wildman–Crippen LogP) is 0.986. The lowest BCUT2D eigenvalue weighted by atomic mass is 10.2. The minimum atomic E-state index is -1.12. The Labute approximate surface area is 114 Å². The number of nitrogens with one attached hydrogen (secondary N) is 2. The van der Waals surface area contributed by atoms with Gasteiger partial charge in [0.15, 0.2) is 0 Å². The van der Waals surface area contributed by atoms with Gasteiger partial charge in [0.05, 0.1) is 11.5 Å². The van der Waals surface area contributed by atoms with E-state index in [0.29, 0.717) is 0 Å². The Hall–Kier alpha value is -2.64. The molecular formula is C12H15N3O5. The SMILES string of the molecule is CCC(NC(=O)CNc1ccccc1[N+](=O)[O-])C(=O)O. The van der Waals surface area contributed by atoms with Crippen molar-refractivity contribution >= 4 is 23.3 Å². The first-order valence-corrected chi connectivity index (χ1v) is 5.95. The van der Waals surface area contributed by atoms with Crippen molar-refractivity contribution in [3.05, 3.63) is 34.4 Å². The number of nitrogens with zero attached hydrogens (tertiary/aromatic N) is 1. The Balaban J connectivity index is 2.61. The minimum absolute atomic E-state index is 0.148. The fourth-order valence-corrected chi connectivity index (χ4v) is 1.54. The number of carboxylic acid groups (broad SMARTS) is 1. The molecule has 20 heavy (non-hydrogen) atoms. The van der Waals surface area contributed by atoms with Crippen LogP contribution < -0.4 is 10.6 Å². The molecular weight excluding hydrogens is 266 g/mol. The smallest absolute Gasteiger partial charge is 0.326 e. The molecule has 1 rings (SSSR count). The quantitative estimate of drug-likeness (QED) is 0.506. The van der Waals surface area contributed by atoms with E-state index in [1.807, 2.05) is 0 Å². The highest BCUT2D eigenvalue weighted by Gasteiger charge is 2.18. The molecule has 0 aromatic heterocycles. The summed E-state index contributed by atoms with van der Waals surface area (Å²) in [5.41, 5.74) is 0.0570. The molecule has 1 unspecified atom stereocenters. The van der Waals surface area contributed by atoms with E-state index in [2.05, 4.69) is 10.6 Å². The molecule has 0 bridgehead atoms. The molecule has 0 aliphatic carbocycles. The lowest BCUT2D eigenvalue weighted by molar-refractivity contribution is -0.383. The zero-order valence-corrected chi connectivity index (χ0v) is 10.8. The fraction of sp³-hybridized carbons (Fsp3) is 0.333. The monoisotopic (exact) mass is 281 g/mol. The molecule has 0 saturated carbocycles. The average Bonchev–Trinajstić information content (AvgIpc) is 2.42. The summed E-state index contributed by atoms with van der Waals surface area (Å²) < 4.78 is 0. The van der Waals surface area contributed by atoms with Gasteiger partial charge in [-0.2, -0.15) is 0 Å². The summed E-state index contributed by atoms with van der Waals surface area (Å²) in [7, 11) is 0. The van der Waals surface area contributed by atoms with Gasteiger partial charge >= 0.3 is 5.97 Å². The number of carbonyl (C=O) groups excluding carboxylic acids is 1. The number of carbonyl (C=O) groups is 2. The third-order valence-corrected chi connectivity index (χ3v) is 2.58. The van der Waals surface area contributed by atoms with Crippen LogP contribution in [0.2, 0.25) is 0 Å². The van der Waals surface area contributed by atoms with E-state index >= 15 is 0 Å². The molecule has 8 nitrogen and oxygen atoms in total. The van der Waals surface area contributed by atoms with Crippen LogP contribution >= 0.6 is 0 Å². The Morgan fingerprint density at radius 1 is 1.40 bits per heavy atom. The predicted molar refractivity (Wildman–Crippen MR) is 71.4 cm³/mol. The number of nitro groups is 1. The number of anilines is 1. The number of aliphatic carboxylic acids is 1. The summed E-state index contributed by atoms with van der Waals surface area (Å²) in [5.74, 6) is -1.66. The number of rotatable bonds is 7. The minimum Gasteiger partial charge on any atom is -0.480 e. The Morgan fingerprint density at radius 3 is 2.60 bits per heavy atom. The van der Waals surface area contributed by atoms with Crippen LogP contribution in [0, 0.1) is 10.1 Å². The van der Waals surface area contributed by atoms with E-state index in [-0.39, 0.29) is 24.3 Å². The van der Waals surface area contributed by atoms with Crippen LogP contribution in [0.5, 0.6) is 0 Å². The van der Waals surface area contributed by atoms with Gasteiger partial charge in [0, 0.05) is 6.07 Å². The molecule has 108 valence electrons. The summed E-state index contributed by atoms with van der Waals surface area (Å²) in [5, 5.41) is 24.5. The van der Waals surface area contributed by atoms with Gasteiger partial charge in [-0.15, -0.1) is 0 Å². The summed E-state index contributed by atoms with van der Waals surface area (Å²) in [6.07, 6.45) is 0.257. The van der Waals surface area contributed by atoms with Crippen molar-refractivity contribution in [3.8, 4) is 0 Å². The second-order valence-electron chi connectivity index (χ2n) is 3.99. The summed E-state index contributed by atoms with van der Waals surface area (Å²) in [4.78, 5) is 32.5. The molecule has 1 aromatic carbocycles. The van der Waals surface area contributed by atoms with Crippen LogP contribution in [0.4, 0.5) is 11.4 Å². The molecule has 0 heterocycles. The molecule has 0 aliphatic heterocycles. The fourth-order valence-electron chi connectivity index (χ4n) is 1.54. The molecule has 1 aromatic rings. The average molecular weight is 281 g/mol. The zero-order chi connectivity index (χ0) is 15.1. The first-order valence-electron chi connectivity index (χ1n) is 5.95. The second-order valence-corrected chi connectivity index (χ2v) is 3.99. The van der Waals surface area contributed by atoms with Crippen LogP contribution in [0.15, 0.2) is 24.3 Å². The lowest BCUT2D eigenvalue weighted by Crippen LogP contribution is -2.42. The van der Waals surface area contributed by atoms with Crippen LogP contribution in [-0.2, 0) is 9.59 Å². The van der Waals surface area contributed by atoms with Gasteiger partial charge in [-0.25, -0.2) is 4.79 Å². The highest BCUT2D eigenvalue weighted by molar-refractivity contribution is 5.86. The van der Waals surface area contributed by atoms with E-state index in [0.717, 1.165) is 0 Å². The van der Waals surface area contributed by atoms with Gasteiger partial charge in [-0.1, -0.05) is 19.1 Å². The number of nitro benzene ring substituents is 1. The van der Waals surface area contributed by atoms with Crippen molar-refractivity contribution in [2.24, 2.45) is 0 Å². The number of amides is 1. The molecule has 8 heteroatoms. The van der Waals surface area contributed by atoms with Gasteiger partial charge in [0.25, 0.3) is 5.69 Å². The van der Waals surface area contributed by atoms with Crippen molar-refractivity contribution in [2.75, 3.05) is 11.9 Å². The van der Waals surface area contributed by atoms with Crippen LogP contribution in [-0.4, -0.2) is 34.5 Å². The zero-order valence-electron chi connectivity index (χ0n) is 10.8. The van der Waals surface area contributed by atoms with Crippen LogP contribution in [0.3, 0.4) is 0 Å². The maximum absolute atomic E-state index is 11.6. The highest BCUT2D eigenvalue weighted by atomic mass is 16.6. The van der Waals surface area contributed by atoms with Gasteiger partial charge < -0.3 is 15.7 Å². The summed E-state index contributed by atoms with van der Waals surface area (Å²) in [6, 6.07) is 4.93. The standard InChI is InChI=1S/C12H15N3O5/c1-2-8(12(17)18)14-11(16)7-13-9-5-3-4-6-10(9)15(19)20/h3-6,8,13H,2,7H2,1H3,(H,14,16)(H,17,18). The number of para-hydroxylation sites is 2. The topological polar surface area (TPSA) is 122 Å². The largest absolute Gasteiger partial charge is 0.480 e. The van der Waals surface area contributed by atoms with Crippen molar-refractivity contribution in [1.29, 1.82) is 0 Å². The Morgan fingerprint density at radius 2 is 2.05 bits per heavy atom. The molecule has 1 amide bonds. The number of hydrogen-bond donors (Lipinski definition) is 3. The lowest BCUT2D eigenvalue weighted by Gasteiger charge is -2.13. The molecule has 1 atom stereocenters. The normalized spacial score (nSPS) is 11.4. The van der Waals surface area contributed by atoms with E-state index in [1.54, 1.807) is 13.0 Å². The van der Waals surface area contributed by atoms with E-state index in [1.165, 1.54) is 18.2 Å². The van der Waals surface area contributed by atoms with Gasteiger partial charge in [-0.05, 0) is 12.5 Å². The van der Waals surface area contributed by atoms with E-state index in [4.69, 9.17) is 5.11 Å². The molecule has 0 saturated heterocycles. The van der Waals surface area contributed by atoms with Crippen molar-refractivity contribution in [1.82, 2.24) is 5.32 Å². The van der Waals surface area contributed by atoms with Gasteiger partial charge in [-0.3, -0.25) is 14.9 Å². The summed E-state index contributed by atoms with van der Waals surface area (Å²) in [6.45, 7) is 1.39. The number of carboxylic acids is 1. The van der Waals surface area contributed by atoms with Crippen molar-refractivity contribution < 1.29 is 19.6 Å². The van der Waals surface area contributed by atoms with Gasteiger partial charge in [0.2, 0.25) is 5.91 Å². The van der Waals surface area contributed by atoms with Gasteiger partial charge in [0.1, 0.15) is 11.7 Å². The highest BCUT2D eigenvalue weighted by Crippen LogP contribution is 2.22. The van der Waals surface area contributed by atoms with Crippen LogP contribution in [0.1, 0.15) is 13.3 Å². The molecule has 3 N–H and O–H groups in total. The Bertz CT molecular complexity index is 518. The van der Waals surface area contributed by atoms with Crippen molar-refractivity contribution in [3.63, 3.8) is 0 Å². The summed E-state index contributed by atoms with van der Waals surface area (Å²) >= 11 is 0. The second kappa shape index (κ2) is 7.07. The molecule has 0 aliphatic rings.